The summed E-state index contributed by atoms with van der Waals surface area (Å²) in [5.41, 5.74) is 0.995. The molecular weight excluding hydrogens is 242 g/mol. The van der Waals surface area contributed by atoms with Crippen LogP contribution >= 0.6 is 0 Å². The first-order valence-corrected chi connectivity index (χ1v) is 6.48. The van der Waals surface area contributed by atoms with E-state index in [0.717, 1.165) is 37.7 Å². The summed E-state index contributed by atoms with van der Waals surface area (Å²) in [6.45, 7) is 5.58. The lowest BCUT2D eigenvalue weighted by atomic mass is 10.2. The molecule has 0 aromatic carbocycles. The lowest BCUT2D eigenvalue weighted by Gasteiger charge is -2.27. The predicted molar refractivity (Wildman–Crippen MR) is 73.9 cm³/mol. The lowest BCUT2D eigenvalue weighted by Crippen LogP contribution is -2.36. The van der Waals surface area contributed by atoms with E-state index < -0.39 is 0 Å². The van der Waals surface area contributed by atoms with Crippen molar-refractivity contribution in [2.45, 2.75) is 13.5 Å². The van der Waals surface area contributed by atoms with Gasteiger partial charge in [-0.05, 0) is 24.6 Å². The number of anilines is 1. The van der Waals surface area contributed by atoms with Crippen molar-refractivity contribution >= 4 is 11.7 Å². The molecule has 1 saturated heterocycles. The molecule has 0 spiro atoms. The molecule has 0 radical (unpaired) electrons. The third-order valence-corrected chi connectivity index (χ3v) is 2.93. The molecule has 1 aliphatic heterocycles. The van der Waals surface area contributed by atoms with Crippen LogP contribution in [-0.2, 0) is 16.1 Å². The summed E-state index contributed by atoms with van der Waals surface area (Å²) < 4.78 is 5.31. The minimum Gasteiger partial charge on any atom is -0.378 e. The van der Waals surface area contributed by atoms with E-state index >= 15 is 0 Å². The van der Waals surface area contributed by atoms with E-state index in [1.54, 1.807) is 12.3 Å². The number of allylic oxidation sites excluding steroid dienone is 1. The SMILES string of the molecule is CC=CC(=O)NCc1ccc(N2CCOCC2)nc1. The summed E-state index contributed by atoms with van der Waals surface area (Å²) >= 11 is 0. The van der Waals surface area contributed by atoms with E-state index in [2.05, 4.69) is 15.2 Å². The van der Waals surface area contributed by atoms with Gasteiger partial charge < -0.3 is 15.0 Å². The van der Waals surface area contributed by atoms with Crippen molar-refractivity contribution in [3.8, 4) is 0 Å². The number of amides is 1. The molecule has 1 aliphatic rings. The zero-order chi connectivity index (χ0) is 13.5. The number of morpholine rings is 1. The van der Waals surface area contributed by atoms with Crippen LogP contribution in [0.3, 0.4) is 0 Å². The van der Waals surface area contributed by atoms with Crippen LogP contribution in [0.5, 0.6) is 0 Å². The quantitative estimate of drug-likeness (QED) is 0.825. The van der Waals surface area contributed by atoms with Crippen LogP contribution in [0, 0.1) is 0 Å². The molecule has 0 unspecified atom stereocenters. The molecule has 2 rings (SSSR count). The Morgan fingerprint density at radius 1 is 1.47 bits per heavy atom. The number of rotatable bonds is 4. The van der Waals surface area contributed by atoms with Gasteiger partial charge in [-0.15, -0.1) is 0 Å². The number of hydrogen-bond donors (Lipinski definition) is 1. The van der Waals surface area contributed by atoms with Gasteiger partial charge in [0, 0.05) is 25.8 Å². The summed E-state index contributed by atoms with van der Waals surface area (Å²) in [6.07, 6.45) is 5.03. The van der Waals surface area contributed by atoms with E-state index in [1.165, 1.54) is 6.08 Å². The van der Waals surface area contributed by atoms with Gasteiger partial charge in [0.1, 0.15) is 5.82 Å². The average Bonchev–Trinajstić information content (AvgIpc) is 2.47. The Morgan fingerprint density at radius 3 is 2.89 bits per heavy atom. The van der Waals surface area contributed by atoms with Crippen LogP contribution < -0.4 is 10.2 Å². The molecule has 5 nitrogen and oxygen atoms in total. The van der Waals surface area contributed by atoms with Crippen LogP contribution in [0.1, 0.15) is 12.5 Å². The van der Waals surface area contributed by atoms with E-state index in [4.69, 9.17) is 4.74 Å². The molecule has 0 saturated carbocycles. The van der Waals surface area contributed by atoms with Crippen molar-refractivity contribution in [3.63, 3.8) is 0 Å². The maximum absolute atomic E-state index is 11.3. The highest BCUT2D eigenvalue weighted by molar-refractivity contribution is 5.87. The summed E-state index contributed by atoms with van der Waals surface area (Å²) in [5.74, 6) is 0.881. The maximum atomic E-state index is 11.3. The Morgan fingerprint density at radius 2 is 2.26 bits per heavy atom. The molecule has 1 fully saturated rings. The number of ether oxygens (including phenoxy) is 1. The molecule has 0 bridgehead atoms. The molecule has 5 heteroatoms. The maximum Gasteiger partial charge on any atom is 0.243 e. The first-order valence-electron chi connectivity index (χ1n) is 6.48. The normalized spacial score (nSPS) is 15.7. The summed E-state index contributed by atoms with van der Waals surface area (Å²) in [4.78, 5) is 17.9. The zero-order valence-corrected chi connectivity index (χ0v) is 11.1. The van der Waals surface area contributed by atoms with Crippen LogP contribution in [0.15, 0.2) is 30.5 Å². The number of carbonyl (C=O) groups is 1. The number of pyridine rings is 1. The van der Waals surface area contributed by atoms with Crippen LogP contribution in [-0.4, -0.2) is 37.2 Å². The first kappa shape index (κ1) is 13.5. The van der Waals surface area contributed by atoms with Crippen molar-refractivity contribution in [3.05, 3.63) is 36.0 Å². The monoisotopic (exact) mass is 261 g/mol. The van der Waals surface area contributed by atoms with Crippen LogP contribution in [0.4, 0.5) is 5.82 Å². The third-order valence-electron chi connectivity index (χ3n) is 2.93. The number of hydrogen-bond acceptors (Lipinski definition) is 4. The highest BCUT2D eigenvalue weighted by Crippen LogP contribution is 2.12. The summed E-state index contributed by atoms with van der Waals surface area (Å²) in [5, 5.41) is 2.80. The van der Waals surface area contributed by atoms with Gasteiger partial charge in [0.15, 0.2) is 0 Å². The van der Waals surface area contributed by atoms with E-state index in [-0.39, 0.29) is 5.91 Å². The van der Waals surface area contributed by atoms with Gasteiger partial charge >= 0.3 is 0 Å². The highest BCUT2D eigenvalue weighted by Gasteiger charge is 2.11. The molecule has 1 aromatic rings. The summed E-state index contributed by atoms with van der Waals surface area (Å²) in [7, 11) is 0. The minimum atomic E-state index is -0.0836. The highest BCUT2D eigenvalue weighted by atomic mass is 16.5. The topological polar surface area (TPSA) is 54.5 Å². The molecule has 19 heavy (non-hydrogen) atoms. The number of nitrogens with zero attached hydrogens (tertiary/aromatic N) is 2. The Hall–Kier alpha value is -1.88. The van der Waals surface area contributed by atoms with Gasteiger partial charge in [-0.3, -0.25) is 4.79 Å². The van der Waals surface area contributed by atoms with Gasteiger partial charge in [-0.25, -0.2) is 4.98 Å². The summed E-state index contributed by atoms with van der Waals surface area (Å²) in [6, 6.07) is 3.98. The molecule has 2 heterocycles. The standard InChI is InChI=1S/C14H19N3O2/c1-2-3-14(18)16-11-12-4-5-13(15-10-12)17-6-8-19-9-7-17/h2-5,10H,6-9,11H2,1H3,(H,16,18). The molecule has 0 aliphatic carbocycles. The number of nitrogens with one attached hydrogen (secondary N) is 1. The molecule has 102 valence electrons. The predicted octanol–water partition coefficient (Wildman–Crippen LogP) is 1.11. The number of aromatic nitrogens is 1. The van der Waals surface area contributed by atoms with Gasteiger partial charge in [0.2, 0.25) is 5.91 Å². The van der Waals surface area contributed by atoms with Crippen molar-refractivity contribution in [2.75, 3.05) is 31.2 Å². The Balaban J connectivity index is 1.89. The van der Waals surface area contributed by atoms with Crippen molar-refractivity contribution < 1.29 is 9.53 Å². The molecular formula is C14H19N3O2. The third kappa shape index (κ3) is 4.06. The molecule has 1 N–H and O–H groups in total. The number of carbonyl (C=O) groups excluding carboxylic acids is 1. The molecule has 0 atom stereocenters. The Kier molecular flexibility index (Phi) is 4.92. The second-order valence-electron chi connectivity index (χ2n) is 4.34. The van der Waals surface area contributed by atoms with Gasteiger partial charge in [0.05, 0.1) is 13.2 Å². The fourth-order valence-electron chi connectivity index (χ4n) is 1.90. The van der Waals surface area contributed by atoms with Crippen LogP contribution in [0.25, 0.3) is 0 Å². The first-order chi connectivity index (χ1) is 9.29. The molecule has 1 amide bonds. The van der Waals surface area contributed by atoms with Crippen molar-refractivity contribution in [2.24, 2.45) is 0 Å². The van der Waals surface area contributed by atoms with E-state index in [1.807, 2.05) is 19.1 Å². The Labute approximate surface area is 113 Å². The van der Waals surface area contributed by atoms with Crippen LogP contribution in [0.2, 0.25) is 0 Å². The van der Waals surface area contributed by atoms with E-state index in [0.29, 0.717) is 6.54 Å². The fraction of sp³-hybridized carbons (Fsp3) is 0.429. The average molecular weight is 261 g/mol. The van der Waals surface area contributed by atoms with Crippen molar-refractivity contribution in [1.82, 2.24) is 10.3 Å². The molecule has 1 aromatic heterocycles. The zero-order valence-electron chi connectivity index (χ0n) is 11.1. The van der Waals surface area contributed by atoms with E-state index in [9.17, 15) is 4.79 Å². The van der Waals surface area contributed by atoms with Gasteiger partial charge in [0.25, 0.3) is 0 Å². The fourth-order valence-corrected chi connectivity index (χ4v) is 1.90. The second-order valence-corrected chi connectivity index (χ2v) is 4.34. The Bertz CT molecular complexity index is 437. The second kappa shape index (κ2) is 6.89. The van der Waals surface area contributed by atoms with Gasteiger partial charge in [-0.1, -0.05) is 12.1 Å². The minimum absolute atomic E-state index is 0.0836. The van der Waals surface area contributed by atoms with Gasteiger partial charge in [-0.2, -0.15) is 0 Å². The largest absolute Gasteiger partial charge is 0.378 e. The lowest BCUT2D eigenvalue weighted by molar-refractivity contribution is -0.116. The van der Waals surface area contributed by atoms with Crippen molar-refractivity contribution in [1.29, 1.82) is 0 Å². The smallest absolute Gasteiger partial charge is 0.243 e.